The number of benzene rings is 1. The highest BCUT2D eigenvalue weighted by Crippen LogP contribution is 2.14. The zero-order chi connectivity index (χ0) is 9.10. The molecule has 0 saturated carbocycles. The fourth-order valence-electron chi connectivity index (χ4n) is 1.51. The van der Waals surface area contributed by atoms with Crippen molar-refractivity contribution < 1.29 is 0 Å². The van der Waals surface area contributed by atoms with Crippen LogP contribution >= 0.6 is 0 Å². The van der Waals surface area contributed by atoms with Gasteiger partial charge in [-0.3, -0.25) is 0 Å². The Bertz CT molecular complexity index is 390. The quantitative estimate of drug-likeness (QED) is 0.753. The molecule has 0 saturated heterocycles. The first-order valence-electron chi connectivity index (χ1n) is 4.57. The van der Waals surface area contributed by atoms with Crippen LogP contribution in [0.2, 0.25) is 0 Å². The first-order valence-corrected chi connectivity index (χ1v) is 4.57. The van der Waals surface area contributed by atoms with Crippen molar-refractivity contribution in [1.82, 2.24) is 4.57 Å². The molecule has 1 aromatic carbocycles. The van der Waals surface area contributed by atoms with Crippen molar-refractivity contribution in [3.05, 3.63) is 36.5 Å². The molecule has 2 N–H and O–H groups in total. The first-order chi connectivity index (χ1) is 6.42. The third-order valence-electron chi connectivity index (χ3n) is 2.19. The highest BCUT2D eigenvalue weighted by atomic mass is 14.9. The third-order valence-corrected chi connectivity index (χ3v) is 2.19. The Hall–Kier alpha value is -1.28. The number of para-hydroxylation sites is 1. The Balaban J connectivity index is 2.35. The Kier molecular flexibility index (Phi) is 2.32. The van der Waals surface area contributed by atoms with Gasteiger partial charge in [0.2, 0.25) is 0 Å². The second-order valence-electron chi connectivity index (χ2n) is 3.13. The molecule has 13 heavy (non-hydrogen) atoms. The summed E-state index contributed by atoms with van der Waals surface area (Å²) in [4.78, 5) is 0. The van der Waals surface area contributed by atoms with E-state index in [1.807, 2.05) is 12.3 Å². The van der Waals surface area contributed by atoms with Crippen LogP contribution in [-0.2, 0) is 6.54 Å². The van der Waals surface area contributed by atoms with Crippen LogP contribution in [0.1, 0.15) is 6.42 Å². The summed E-state index contributed by atoms with van der Waals surface area (Å²) in [5.41, 5.74) is 6.71. The van der Waals surface area contributed by atoms with E-state index in [9.17, 15) is 0 Å². The summed E-state index contributed by atoms with van der Waals surface area (Å²) in [6.07, 6.45) is 3.02. The molecule has 1 aromatic heterocycles. The molecule has 2 rings (SSSR count). The molecule has 0 aliphatic carbocycles. The van der Waals surface area contributed by atoms with Crippen LogP contribution in [0.5, 0.6) is 0 Å². The highest BCUT2D eigenvalue weighted by molar-refractivity contribution is 5.79. The minimum absolute atomic E-state index is 0.743. The predicted molar refractivity (Wildman–Crippen MR) is 54.4 cm³/mol. The minimum Gasteiger partial charge on any atom is -0.347 e. The summed E-state index contributed by atoms with van der Waals surface area (Å²) in [6, 6.07) is 11.5. The zero-order valence-electron chi connectivity index (χ0n) is 7.53. The van der Waals surface area contributed by atoms with E-state index in [0.717, 1.165) is 19.5 Å². The minimum atomic E-state index is 0.743. The van der Waals surface area contributed by atoms with Crippen molar-refractivity contribution in [2.75, 3.05) is 6.54 Å². The van der Waals surface area contributed by atoms with E-state index in [1.165, 1.54) is 10.9 Å². The van der Waals surface area contributed by atoms with Crippen LogP contribution in [-0.4, -0.2) is 11.1 Å². The smallest absolute Gasteiger partial charge is 0.0486 e. The zero-order valence-corrected chi connectivity index (χ0v) is 7.53. The number of nitrogens with zero attached hydrogens (tertiary/aromatic N) is 1. The maximum absolute atomic E-state index is 5.47. The van der Waals surface area contributed by atoms with Crippen molar-refractivity contribution in [3.63, 3.8) is 0 Å². The van der Waals surface area contributed by atoms with Crippen LogP contribution < -0.4 is 5.73 Å². The molecule has 0 spiro atoms. The lowest BCUT2D eigenvalue weighted by Crippen LogP contribution is -2.04. The number of hydrogen-bond acceptors (Lipinski definition) is 1. The molecule has 1 heterocycles. The summed E-state index contributed by atoms with van der Waals surface area (Å²) in [6.45, 7) is 1.73. The lowest BCUT2D eigenvalue weighted by molar-refractivity contribution is 0.670. The molecule has 0 fully saturated rings. The van der Waals surface area contributed by atoms with Gasteiger partial charge in [-0.05, 0) is 19.0 Å². The molecule has 2 heteroatoms. The van der Waals surface area contributed by atoms with E-state index in [1.54, 1.807) is 0 Å². The molecule has 0 atom stereocenters. The van der Waals surface area contributed by atoms with E-state index in [0.29, 0.717) is 0 Å². The molecular weight excluding hydrogens is 160 g/mol. The standard InChI is InChI=1S/C11H13N2/c12-7-3-8-13-9-6-10-4-1-2-5-11(10)13/h1-2,4-5,9H,3,7-8,12H2. The van der Waals surface area contributed by atoms with Crippen molar-refractivity contribution in [2.45, 2.75) is 13.0 Å². The number of aryl methyl sites for hydroxylation is 1. The van der Waals surface area contributed by atoms with E-state index in [4.69, 9.17) is 5.73 Å². The van der Waals surface area contributed by atoms with Gasteiger partial charge in [0.15, 0.2) is 0 Å². The fraction of sp³-hybridized carbons (Fsp3) is 0.273. The summed E-state index contributed by atoms with van der Waals surface area (Å²) >= 11 is 0. The van der Waals surface area contributed by atoms with Gasteiger partial charge in [-0.1, -0.05) is 18.2 Å². The molecule has 0 aliphatic heterocycles. The summed E-state index contributed by atoms with van der Waals surface area (Å²) < 4.78 is 2.20. The SMILES string of the molecule is NCCCn1c[c]c2ccccc21. The summed E-state index contributed by atoms with van der Waals surface area (Å²) in [7, 11) is 0. The van der Waals surface area contributed by atoms with Crippen LogP contribution in [0.4, 0.5) is 0 Å². The van der Waals surface area contributed by atoms with Gasteiger partial charge in [-0.2, -0.15) is 0 Å². The van der Waals surface area contributed by atoms with E-state index in [-0.39, 0.29) is 0 Å². The number of aromatic nitrogens is 1. The van der Waals surface area contributed by atoms with Gasteiger partial charge in [0.05, 0.1) is 0 Å². The van der Waals surface area contributed by atoms with Gasteiger partial charge < -0.3 is 10.3 Å². The van der Waals surface area contributed by atoms with Gasteiger partial charge in [0.1, 0.15) is 0 Å². The number of fused-ring (bicyclic) bond motifs is 1. The molecule has 1 radical (unpaired) electrons. The van der Waals surface area contributed by atoms with Crippen LogP contribution in [0, 0.1) is 6.07 Å². The maximum atomic E-state index is 5.47. The normalized spacial score (nSPS) is 10.8. The Morgan fingerprint density at radius 2 is 2.15 bits per heavy atom. The number of nitrogens with two attached hydrogens (primary N) is 1. The lowest BCUT2D eigenvalue weighted by Gasteiger charge is -2.02. The van der Waals surface area contributed by atoms with E-state index >= 15 is 0 Å². The fourth-order valence-corrected chi connectivity index (χ4v) is 1.51. The largest absolute Gasteiger partial charge is 0.347 e. The summed E-state index contributed by atoms with van der Waals surface area (Å²) in [5, 5.41) is 1.18. The van der Waals surface area contributed by atoms with Crippen molar-refractivity contribution in [1.29, 1.82) is 0 Å². The molecule has 0 unspecified atom stereocenters. The molecule has 0 amide bonds. The van der Waals surface area contributed by atoms with Gasteiger partial charge in [-0.15, -0.1) is 0 Å². The average molecular weight is 173 g/mol. The van der Waals surface area contributed by atoms with Crippen molar-refractivity contribution in [3.8, 4) is 0 Å². The molecule has 2 aromatic rings. The van der Waals surface area contributed by atoms with Gasteiger partial charge in [-0.25, -0.2) is 0 Å². The molecule has 2 nitrogen and oxygen atoms in total. The monoisotopic (exact) mass is 173 g/mol. The average Bonchev–Trinajstić information content (AvgIpc) is 2.58. The Morgan fingerprint density at radius 1 is 1.31 bits per heavy atom. The van der Waals surface area contributed by atoms with Crippen LogP contribution in [0.25, 0.3) is 10.9 Å². The highest BCUT2D eigenvalue weighted by Gasteiger charge is 1.98. The van der Waals surface area contributed by atoms with Gasteiger partial charge in [0, 0.05) is 29.7 Å². The topological polar surface area (TPSA) is 30.9 Å². The Morgan fingerprint density at radius 3 is 3.00 bits per heavy atom. The molecular formula is C11H13N2. The van der Waals surface area contributed by atoms with Crippen LogP contribution in [0.15, 0.2) is 30.5 Å². The van der Waals surface area contributed by atoms with Crippen molar-refractivity contribution >= 4 is 10.9 Å². The first kappa shape index (κ1) is 8.32. The Labute approximate surface area is 78.0 Å². The maximum Gasteiger partial charge on any atom is 0.0486 e. The summed E-state index contributed by atoms with van der Waals surface area (Å²) in [5.74, 6) is 0. The second-order valence-corrected chi connectivity index (χ2v) is 3.13. The number of rotatable bonds is 3. The van der Waals surface area contributed by atoms with E-state index < -0.39 is 0 Å². The lowest BCUT2D eigenvalue weighted by atomic mass is 10.2. The third kappa shape index (κ3) is 1.58. The van der Waals surface area contributed by atoms with Crippen LogP contribution in [0.3, 0.4) is 0 Å². The molecule has 67 valence electrons. The number of hydrogen-bond donors (Lipinski definition) is 1. The predicted octanol–water partition coefficient (Wildman–Crippen LogP) is 1.79. The van der Waals surface area contributed by atoms with Crippen molar-refractivity contribution in [2.24, 2.45) is 5.73 Å². The van der Waals surface area contributed by atoms with E-state index in [2.05, 4.69) is 28.8 Å². The molecule has 0 aliphatic rings. The van der Waals surface area contributed by atoms with Gasteiger partial charge >= 0.3 is 0 Å². The molecule has 0 bridgehead atoms. The van der Waals surface area contributed by atoms with Gasteiger partial charge in [0.25, 0.3) is 0 Å². The second kappa shape index (κ2) is 3.62.